The molecule has 132 valence electrons. The number of phenols is 1. The molecule has 0 atom stereocenters. The summed E-state index contributed by atoms with van der Waals surface area (Å²) in [5.74, 6) is 1.000. The largest absolute Gasteiger partial charge is 0.507 e. The van der Waals surface area contributed by atoms with E-state index < -0.39 is 0 Å². The maximum atomic E-state index is 10.3. The predicted molar refractivity (Wildman–Crippen MR) is 97.4 cm³/mol. The van der Waals surface area contributed by atoms with Gasteiger partial charge in [-0.25, -0.2) is 4.98 Å². The summed E-state index contributed by atoms with van der Waals surface area (Å²) in [5.41, 5.74) is 2.63. The van der Waals surface area contributed by atoms with Crippen molar-refractivity contribution < 1.29 is 14.6 Å². The van der Waals surface area contributed by atoms with Gasteiger partial charge in [-0.3, -0.25) is 4.90 Å². The van der Waals surface area contributed by atoms with Crippen LogP contribution in [-0.4, -0.2) is 59.4 Å². The first-order valence-corrected chi connectivity index (χ1v) is 8.75. The molecular formula is C19H23N3O3. The highest BCUT2D eigenvalue weighted by atomic mass is 16.5. The minimum absolute atomic E-state index is 0.245. The molecule has 6 heteroatoms. The summed E-state index contributed by atoms with van der Waals surface area (Å²) in [6, 6.07) is 5.53. The van der Waals surface area contributed by atoms with Gasteiger partial charge in [-0.1, -0.05) is 0 Å². The highest BCUT2D eigenvalue weighted by molar-refractivity contribution is 6.11. The summed E-state index contributed by atoms with van der Waals surface area (Å²) < 4.78 is 11.4. The second-order valence-corrected chi connectivity index (χ2v) is 6.52. The van der Waals surface area contributed by atoms with Gasteiger partial charge in [0.25, 0.3) is 0 Å². The highest BCUT2D eigenvalue weighted by Crippen LogP contribution is 2.37. The van der Waals surface area contributed by atoms with Crippen LogP contribution in [0.2, 0.25) is 0 Å². The molecule has 1 aromatic carbocycles. The number of ether oxygens (including phenoxy) is 2. The number of hydrogen-bond acceptors (Lipinski definition) is 5. The number of nitrogens with one attached hydrogen (secondary N) is 1. The molecule has 2 N–H and O–H groups in total. The lowest BCUT2D eigenvalue weighted by atomic mass is 10.1. The molecule has 1 aliphatic rings. The molecule has 0 aliphatic carbocycles. The number of aryl methyl sites for hydroxylation is 1. The number of H-pyrrole nitrogens is 1. The van der Waals surface area contributed by atoms with Crippen molar-refractivity contribution in [1.29, 1.82) is 0 Å². The third-order valence-electron chi connectivity index (χ3n) is 4.66. The van der Waals surface area contributed by atoms with E-state index in [1.165, 1.54) is 0 Å². The molecule has 4 rings (SSSR count). The second kappa shape index (κ2) is 6.90. The number of rotatable bonds is 5. The summed E-state index contributed by atoms with van der Waals surface area (Å²) in [4.78, 5) is 10.1. The van der Waals surface area contributed by atoms with Crippen LogP contribution in [0, 0.1) is 6.92 Å². The van der Waals surface area contributed by atoms with E-state index in [0.717, 1.165) is 72.5 Å². The molecule has 0 saturated carbocycles. The number of aromatic hydroxyl groups is 1. The molecule has 2 aromatic heterocycles. The Bertz CT molecular complexity index is 884. The average molecular weight is 341 g/mol. The molecule has 1 aliphatic heterocycles. The van der Waals surface area contributed by atoms with Crippen LogP contribution in [0.1, 0.15) is 12.0 Å². The van der Waals surface area contributed by atoms with E-state index in [0.29, 0.717) is 6.61 Å². The normalized spacial score (nSPS) is 15.9. The molecule has 0 unspecified atom stereocenters. The SMILES string of the molecule is Cc1cnc2[nH]c3c(OCCCN4CCOCC4)ccc(O)c3c2c1. The number of fused-ring (bicyclic) bond motifs is 3. The standard InChI is InChI=1S/C19H23N3O3/c1-13-11-14-17-15(23)3-4-16(18(17)21-19(14)20-12-13)25-8-2-5-22-6-9-24-10-7-22/h3-4,11-12,23H,2,5-10H2,1H3,(H,20,21). The lowest BCUT2D eigenvalue weighted by Crippen LogP contribution is -2.37. The van der Waals surface area contributed by atoms with Crippen molar-refractivity contribution in [2.24, 2.45) is 0 Å². The van der Waals surface area contributed by atoms with Gasteiger partial charge in [0, 0.05) is 31.2 Å². The first-order chi connectivity index (χ1) is 12.2. The van der Waals surface area contributed by atoms with Gasteiger partial charge in [0.05, 0.1) is 30.7 Å². The van der Waals surface area contributed by atoms with Crippen LogP contribution in [0.3, 0.4) is 0 Å². The number of aromatic amines is 1. The van der Waals surface area contributed by atoms with Crippen molar-refractivity contribution >= 4 is 21.9 Å². The van der Waals surface area contributed by atoms with Crippen molar-refractivity contribution in [2.75, 3.05) is 39.5 Å². The van der Waals surface area contributed by atoms with Gasteiger partial charge < -0.3 is 19.6 Å². The molecule has 0 bridgehead atoms. The number of nitrogens with zero attached hydrogens (tertiary/aromatic N) is 2. The van der Waals surface area contributed by atoms with Gasteiger partial charge in [0.2, 0.25) is 0 Å². The molecule has 3 aromatic rings. The van der Waals surface area contributed by atoms with Crippen molar-refractivity contribution in [1.82, 2.24) is 14.9 Å². The third kappa shape index (κ3) is 3.27. The Morgan fingerprint density at radius 1 is 1.32 bits per heavy atom. The number of benzene rings is 1. The van der Waals surface area contributed by atoms with Crippen LogP contribution in [0.15, 0.2) is 24.4 Å². The van der Waals surface area contributed by atoms with Gasteiger partial charge in [-0.05, 0) is 37.1 Å². The summed E-state index contributed by atoms with van der Waals surface area (Å²) >= 11 is 0. The summed E-state index contributed by atoms with van der Waals surface area (Å²) in [6.07, 6.45) is 2.78. The Morgan fingerprint density at radius 2 is 2.16 bits per heavy atom. The van der Waals surface area contributed by atoms with E-state index in [1.807, 2.05) is 25.3 Å². The maximum Gasteiger partial charge on any atom is 0.143 e. The van der Waals surface area contributed by atoms with Crippen LogP contribution in [0.4, 0.5) is 0 Å². The van der Waals surface area contributed by atoms with Gasteiger partial charge in [-0.2, -0.15) is 0 Å². The van der Waals surface area contributed by atoms with E-state index in [9.17, 15) is 5.11 Å². The lowest BCUT2D eigenvalue weighted by Gasteiger charge is -2.26. The van der Waals surface area contributed by atoms with Crippen molar-refractivity contribution in [3.63, 3.8) is 0 Å². The van der Waals surface area contributed by atoms with Gasteiger partial charge in [-0.15, -0.1) is 0 Å². The molecule has 6 nitrogen and oxygen atoms in total. The van der Waals surface area contributed by atoms with E-state index >= 15 is 0 Å². The zero-order chi connectivity index (χ0) is 17.2. The molecular weight excluding hydrogens is 318 g/mol. The van der Waals surface area contributed by atoms with Crippen LogP contribution < -0.4 is 4.74 Å². The lowest BCUT2D eigenvalue weighted by molar-refractivity contribution is 0.0358. The second-order valence-electron chi connectivity index (χ2n) is 6.52. The van der Waals surface area contributed by atoms with Gasteiger partial charge in [0.1, 0.15) is 17.1 Å². The van der Waals surface area contributed by atoms with Crippen LogP contribution >= 0.6 is 0 Å². The first-order valence-electron chi connectivity index (χ1n) is 8.75. The van der Waals surface area contributed by atoms with Gasteiger partial charge in [0.15, 0.2) is 0 Å². The Hall–Kier alpha value is -2.31. The number of hydrogen-bond donors (Lipinski definition) is 2. The topological polar surface area (TPSA) is 70.6 Å². The summed E-state index contributed by atoms with van der Waals surface area (Å²) in [5, 5.41) is 12.0. The average Bonchev–Trinajstić information content (AvgIpc) is 3.01. The number of aromatic nitrogens is 2. The van der Waals surface area contributed by atoms with Crippen LogP contribution in [0.5, 0.6) is 11.5 Å². The van der Waals surface area contributed by atoms with Crippen LogP contribution in [-0.2, 0) is 4.74 Å². The molecule has 0 radical (unpaired) electrons. The van der Waals surface area contributed by atoms with Crippen molar-refractivity contribution in [3.05, 3.63) is 30.0 Å². The molecule has 3 heterocycles. The van der Waals surface area contributed by atoms with E-state index in [1.54, 1.807) is 6.07 Å². The fourth-order valence-electron chi connectivity index (χ4n) is 3.36. The number of morpholine rings is 1. The molecule has 0 spiro atoms. The zero-order valence-corrected chi connectivity index (χ0v) is 14.4. The quantitative estimate of drug-likeness (QED) is 0.698. The Morgan fingerprint density at radius 3 is 3.00 bits per heavy atom. The predicted octanol–water partition coefficient (Wildman–Crippen LogP) is 2.83. The van der Waals surface area contributed by atoms with Crippen molar-refractivity contribution in [3.8, 4) is 11.5 Å². The smallest absolute Gasteiger partial charge is 0.143 e. The van der Waals surface area contributed by atoms with Gasteiger partial charge >= 0.3 is 0 Å². The number of phenolic OH excluding ortho intramolecular Hbond substituents is 1. The van der Waals surface area contributed by atoms with Crippen molar-refractivity contribution in [2.45, 2.75) is 13.3 Å². The Kier molecular flexibility index (Phi) is 4.46. The zero-order valence-electron chi connectivity index (χ0n) is 14.4. The fraction of sp³-hybridized carbons (Fsp3) is 0.421. The number of pyridine rings is 1. The Balaban J connectivity index is 1.51. The molecule has 0 amide bonds. The monoisotopic (exact) mass is 341 g/mol. The van der Waals surface area contributed by atoms with Crippen LogP contribution in [0.25, 0.3) is 21.9 Å². The van der Waals surface area contributed by atoms with E-state index in [-0.39, 0.29) is 5.75 Å². The summed E-state index contributed by atoms with van der Waals surface area (Å²) in [7, 11) is 0. The molecule has 25 heavy (non-hydrogen) atoms. The minimum atomic E-state index is 0.245. The molecule has 1 fully saturated rings. The minimum Gasteiger partial charge on any atom is -0.507 e. The van der Waals surface area contributed by atoms with E-state index in [4.69, 9.17) is 9.47 Å². The fourth-order valence-corrected chi connectivity index (χ4v) is 3.36. The highest BCUT2D eigenvalue weighted by Gasteiger charge is 2.14. The third-order valence-corrected chi connectivity index (χ3v) is 4.66. The molecule has 1 saturated heterocycles. The Labute approximate surface area is 146 Å². The van der Waals surface area contributed by atoms with E-state index in [2.05, 4.69) is 14.9 Å². The first kappa shape index (κ1) is 16.2. The maximum absolute atomic E-state index is 10.3. The summed E-state index contributed by atoms with van der Waals surface area (Å²) in [6.45, 7) is 7.28.